The fraction of sp³-hybridized carbons (Fsp3) is 0.278. The maximum atomic E-state index is 11.8. The lowest BCUT2D eigenvalue weighted by Gasteiger charge is -2.11. The molecule has 3 rings (SSSR count). The molecule has 0 saturated heterocycles. The van der Waals surface area contributed by atoms with Gasteiger partial charge >= 0.3 is 6.09 Å². The van der Waals surface area contributed by atoms with Crippen molar-refractivity contribution in [2.45, 2.75) is 25.4 Å². The van der Waals surface area contributed by atoms with Crippen molar-refractivity contribution < 1.29 is 14.3 Å². The molecule has 0 aliphatic heterocycles. The largest absolute Gasteiger partial charge is 0.496 e. The van der Waals surface area contributed by atoms with E-state index in [4.69, 9.17) is 9.47 Å². The predicted molar refractivity (Wildman–Crippen MR) is 85.2 cm³/mol. The lowest BCUT2D eigenvalue weighted by atomic mass is 10.1. The predicted octanol–water partition coefficient (Wildman–Crippen LogP) is 4.32. The lowest BCUT2D eigenvalue weighted by molar-refractivity contribution is 0.155. The van der Waals surface area contributed by atoms with E-state index in [-0.39, 0.29) is 6.61 Å². The van der Waals surface area contributed by atoms with Gasteiger partial charge in [0.15, 0.2) is 0 Å². The van der Waals surface area contributed by atoms with Crippen molar-refractivity contribution in [3.63, 3.8) is 0 Å². The normalized spacial score (nSPS) is 13.5. The van der Waals surface area contributed by atoms with Crippen molar-refractivity contribution in [3.05, 3.63) is 59.7 Å². The molecule has 1 saturated carbocycles. The number of amides is 1. The Morgan fingerprint density at radius 2 is 1.95 bits per heavy atom. The summed E-state index contributed by atoms with van der Waals surface area (Å²) in [7, 11) is 1.65. The molecule has 0 aromatic heterocycles. The van der Waals surface area contributed by atoms with Crippen molar-refractivity contribution in [1.82, 2.24) is 0 Å². The molecule has 1 N–H and O–H groups in total. The molecule has 1 fully saturated rings. The molecule has 4 nitrogen and oxygen atoms in total. The van der Waals surface area contributed by atoms with Gasteiger partial charge in [-0.15, -0.1) is 0 Å². The van der Waals surface area contributed by atoms with Gasteiger partial charge < -0.3 is 9.47 Å². The van der Waals surface area contributed by atoms with Crippen LogP contribution in [-0.2, 0) is 11.3 Å². The Morgan fingerprint density at radius 1 is 1.18 bits per heavy atom. The molecule has 1 amide bonds. The van der Waals surface area contributed by atoms with Gasteiger partial charge in [-0.05, 0) is 36.0 Å². The minimum atomic E-state index is -0.468. The van der Waals surface area contributed by atoms with Crippen LogP contribution in [0.2, 0.25) is 0 Å². The van der Waals surface area contributed by atoms with Gasteiger partial charge in [0.05, 0.1) is 7.11 Å². The molecule has 0 spiro atoms. The Bertz CT molecular complexity index is 651. The first-order valence-electron chi connectivity index (χ1n) is 7.42. The average Bonchev–Trinajstić information content (AvgIpc) is 3.38. The summed E-state index contributed by atoms with van der Waals surface area (Å²) in [6, 6.07) is 15.3. The SMILES string of the molecule is COc1cc(NC(=O)OCc2ccccc2)ccc1C1CC1. The van der Waals surface area contributed by atoms with Crippen LogP contribution in [0.3, 0.4) is 0 Å². The Kier molecular flexibility index (Phi) is 4.28. The monoisotopic (exact) mass is 297 g/mol. The Hall–Kier alpha value is -2.49. The quantitative estimate of drug-likeness (QED) is 0.894. The number of anilines is 1. The van der Waals surface area contributed by atoms with Crippen LogP contribution in [0.15, 0.2) is 48.5 Å². The minimum absolute atomic E-state index is 0.254. The summed E-state index contributed by atoms with van der Waals surface area (Å²) in [4.78, 5) is 11.8. The topological polar surface area (TPSA) is 47.6 Å². The molecule has 2 aromatic rings. The second-order valence-corrected chi connectivity index (χ2v) is 5.42. The van der Waals surface area contributed by atoms with E-state index in [1.54, 1.807) is 7.11 Å². The fourth-order valence-corrected chi connectivity index (χ4v) is 2.40. The standard InChI is InChI=1S/C18H19NO3/c1-21-17-11-15(9-10-16(17)14-7-8-14)19-18(20)22-12-13-5-3-2-4-6-13/h2-6,9-11,14H,7-8,12H2,1H3,(H,19,20). The second kappa shape index (κ2) is 6.52. The summed E-state index contributed by atoms with van der Waals surface area (Å²) in [5, 5.41) is 2.73. The van der Waals surface area contributed by atoms with E-state index in [0.717, 1.165) is 11.3 Å². The molecule has 2 aromatic carbocycles. The highest BCUT2D eigenvalue weighted by molar-refractivity contribution is 5.85. The van der Waals surface area contributed by atoms with E-state index in [1.807, 2.05) is 48.5 Å². The number of carbonyl (C=O) groups excluding carboxylic acids is 1. The number of rotatable bonds is 5. The van der Waals surface area contributed by atoms with Gasteiger partial charge in [0.2, 0.25) is 0 Å². The number of ether oxygens (including phenoxy) is 2. The summed E-state index contributed by atoms with van der Waals surface area (Å²) < 4.78 is 10.6. The zero-order valence-electron chi connectivity index (χ0n) is 12.5. The second-order valence-electron chi connectivity index (χ2n) is 5.42. The summed E-state index contributed by atoms with van der Waals surface area (Å²) >= 11 is 0. The van der Waals surface area contributed by atoms with Gasteiger partial charge in [0, 0.05) is 11.8 Å². The third-order valence-corrected chi connectivity index (χ3v) is 3.71. The van der Waals surface area contributed by atoms with E-state index in [9.17, 15) is 4.79 Å². The van der Waals surface area contributed by atoms with Crippen LogP contribution < -0.4 is 10.1 Å². The molecule has 22 heavy (non-hydrogen) atoms. The molecule has 1 aliphatic carbocycles. The molecular weight excluding hydrogens is 278 g/mol. The van der Waals surface area contributed by atoms with Crippen molar-refractivity contribution in [3.8, 4) is 5.75 Å². The maximum Gasteiger partial charge on any atom is 0.411 e. The van der Waals surface area contributed by atoms with E-state index >= 15 is 0 Å². The van der Waals surface area contributed by atoms with Crippen LogP contribution in [0.5, 0.6) is 5.75 Å². The van der Waals surface area contributed by atoms with Gasteiger partial charge in [-0.1, -0.05) is 36.4 Å². The highest BCUT2D eigenvalue weighted by Crippen LogP contribution is 2.44. The lowest BCUT2D eigenvalue weighted by Crippen LogP contribution is -2.13. The third kappa shape index (κ3) is 3.58. The summed E-state index contributed by atoms with van der Waals surface area (Å²) in [6.45, 7) is 0.254. The molecule has 0 bridgehead atoms. The molecule has 0 unspecified atom stereocenters. The van der Waals surface area contributed by atoms with Crippen molar-refractivity contribution in [2.24, 2.45) is 0 Å². The van der Waals surface area contributed by atoms with Crippen molar-refractivity contribution in [1.29, 1.82) is 0 Å². The van der Waals surface area contributed by atoms with Gasteiger partial charge in [-0.25, -0.2) is 4.79 Å². The summed E-state index contributed by atoms with van der Waals surface area (Å²) in [5.74, 6) is 1.43. The first-order chi connectivity index (χ1) is 10.8. The number of benzene rings is 2. The van der Waals surface area contributed by atoms with Gasteiger partial charge in [0.25, 0.3) is 0 Å². The number of nitrogens with one attached hydrogen (secondary N) is 1. The molecule has 0 atom stereocenters. The molecule has 114 valence electrons. The Labute approximate surface area is 130 Å². The minimum Gasteiger partial charge on any atom is -0.496 e. The number of carbonyl (C=O) groups is 1. The van der Waals surface area contributed by atoms with Crippen LogP contribution in [0.25, 0.3) is 0 Å². The third-order valence-electron chi connectivity index (χ3n) is 3.71. The fourth-order valence-electron chi connectivity index (χ4n) is 2.40. The molecular formula is C18H19NO3. The zero-order chi connectivity index (χ0) is 15.4. The van der Waals surface area contributed by atoms with E-state index in [1.165, 1.54) is 18.4 Å². The van der Waals surface area contributed by atoms with Gasteiger partial charge in [0.1, 0.15) is 12.4 Å². The zero-order valence-corrected chi connectivity index (χ0v) is 12.5. The Morgan fingerprint density at radius 3 is 2.64 bits per heavy atom. The van der Waals surface area contributed by atoms with Gasteiger partial charge in [-0.3, -0.25) is 5.32 Å². The highest BCUT2D eigenvalue weighted by atomic mass is 16.5. The van der Waals surface area contributed by atoms with Crippen LogP contribution in [0.4, 0.5) is 10.5 Å². The first kappa shape index (κ1) is 14.4. The maximum absolute atomic E-state index is 11.8. The van der Waals surface area contributed by atoms with Crippen molar-refractivity contribution in [2.75, 3.05) is 12.4 Å². The van der Waals surface area contributed by atoms with Crippen LogP contribution >= 0.6 is 0 Å². The number of hydrogen-bond acceptors (Lipinski definition) is 3. The van der Waals surface area contributed by atoms with E-state index in [0.29, 0.717) is 11.6 Å². The summed E-state index contributed by atoms with van der Waals surface area (Å²) in [5.41, 5.74) is 2.85. The number of methoxy groups -OCH3 is 1. The molecule has 0 radical (unpaired) electrons. The Balaban J connectivity index is 1.59. The summed E-state index contributed by atoms with van der Waals surface area (Å²) in [6.07, 6.45) is 1.95. The van der Waals surface area contributed by atoms with Crippen molar-refractivity contribution >= 4 is 11.8 Å². The number of hydrogen-bond donors (Lipinski definition) is 1. The van der Waals surface area contributed by atoms with Gasteiger partial charge in [-0.2, -0.15) is 0 Å². The van der Waals surface area contributed by atoms with Crippen LogP contribution in [-0.4, -0.2) is 13.2 Å². The average molecular weight is 297 g/mol. The van der Waals surface area contributed by atoms with E-state index in [2.05, 4.69) is 5.32 Å². The molecule has 4 heteroatoms. The van der Waals surface area contributed by atoms with Crippen LogP contribution in [0, 0.1) is 0 Å². The van der Waals surface area contributed by atoms with E-state index < -0.39 is 6.09 Å². The first-order valence-corrected chi connectivity index (χ1v) is 7.42. The smallest absolute Gasteiger partial charge is 0.411 e. The van der Waals surface area contributed by atoms with Crippen LogP contribution in [0.1, 0.15) is 29.9 Å². The molecule has 0 heterocycles. The molecule has 1 aliphatic rings. The highest BCUT2D eigenvalue weighted by Gasteiger charge is 2.26.